The molecule has 2 heterocycles. The van der Waals surface area contributed by atoms with Crippen LogP contribution in [0.3, 0.4) is 0 Å². The first-order valence-corrected chi connectivity index (χ1v) is 6.41. The first kappa shape index (κ1) is 15.8. The summed E-state index contributed by atoms with van der Waals surface area (Å²) < 4.78 is 43.7. The highest BCUT2D eigenvalue weighted by atomic mass is 19.4. The molecule has 6 nitrogen and oxygen atoms in total. The van der Waals surface area contributed by atoms with Gasteiger partial charge in [0.15, 0.2) is 0 Å². The lowest BCUT2D eigenvalue weighted by atomic mass is 9.91. The number of aliphatic hydroxyl groups excluding tert-OH is 1. The van der Waals surface area contributed by atoms with Gasteiger partial charge in [-0.3, -0.25) is 0 Å². The number of nitrogen functional groups attached to an aromatic ring is 1. The van der Waals surface area contributed by atoms with E-state index in [9.17, 15) is 18.3 Å². The summed E-state index contributed by atoms with van der Waals surface area (Å²) in [5.74, 6) is 5.06. The summed E-state index contributed by atoms with van der Waals surface area (Å²) in [7, 11) is 0. The summed E-state index contributed by atoms with van der Waals surface area (Å²) in [6.07, 6.45) is -3.55. The highest BCUT2D eigenvalue weighted by molar-refractivity contribution is 5.50. The summed E-state index contributed by atoms with van der Waals surface area (Å²) in [4.78, 5) is 3.95. The SMILES string of the molecule is NNc1cc(C(F)(F)F)cc(NC2(CO)CCOCC2)n1. The average Bonchev–Trinajstić information content (AvgIpc) is 2.47. The van der Waals surface area contributed by atoms with Gasteiger partial charge in [-0.1, -0.05) is 0 Å². The van der Waals surface area contributed by atoms with Gasteiger partial charge >= 0.3 is 6.18 Å². The van der Waals surface area contributed by atoms with Crippen LogP contribution in [0.25, 0.3) is 0 Å². The van der Waals surface area contributed by atoms with Gasteiger partial charge in [0.1, 0.15) is 11.6 Å². The van der Waals surface area contributed by atoms with Crippen LogP contribution in [0.2, 0.25) is 0 Å². The van der Waals surface area contributed by atoms with Gasteiger partial charge in [-0.15, -0.1) is 0 Å². The Kier molecular flexibility index (Phi) is 4.55. The minimum absolute atomic E-state index is 0.00808. The second-order valence-corrected chi connectivity index (χ2v) is 4.94. The molecule has 0 amide bonds. The average molecular weight is 306 g/mol. The van der Waals surface area contributed by atoms with E-state index in [1.807, 2.05) is 0 Å². The largest absolute Gasteiger partial charge is 0.416 e. The lowest BCUT2D eigenvalue weighted by Gasteiger charge is -2.37. The number of hydrogen-bond acceptors (Lipinski definition) is 6. The Balaban J connectivity index is 2.30. The third kappa shape index (κ3) is 3.74. The summed E-state index contributed by atoms with van der Waals surface area (Å²) >= 11 is 0. The Hall–Kier alpha value is -1.58. The summed E-state index contributed by atoms with van der Waals surface area (Å²) in [5.41, 5.74) is 0.507. The van der Waals surface area contributed by atoms with E-state index < -0.39 is 17.3 Å². The van der Waals surface area contributed by atoms with Crippen molar-refractivity contribution >= 4 is 11.6 Å². The van der Waals surface area contributed by atoms with E-state index in [2.05, 4.69) is 15.7 Å². The number of hydrogen-bond donors (Lipinski definition) is 4. The molecule has 0 spiro atoms. The van der Waals surface area contributed by atoms with Crippen molar-refractivity contribution in [3.05, 3.63) is 17.7 Å². The van der Waals surface area contributed by atoms with E-state index in [4.69, 9.17) is 10.6 Å². The van der Waals surface area contributed by atoms with Crippen molar-refractivity contribution in [3.63, 3.8) is 0 Å². The molecule has 2 rings (SSSR count). The van der Waals surface area contributed by atoms with Gasteiger partial charge in [0.25, 0.3) is 0 Å². The number of ether oxygens (including phenoxy) is 1. The predicted octanol–water partition coefficient (Wildman–Crippen LogP) is 1.34. The molecular weight excluding hydrogens is 289 g/mol. The molecule has 1 fully saturated rings. The summed E-state index contributed by atoms with van der Waals surface area (Å²) in [5, 5.41) is 12.4. The van der Waals surface area contributed by atoms with Crippen LogP contribution in [-0.2, 0) is 10.9 Å². The van der Waals surface area contributed by atoms with Gasteiger partial charge in [-0.25, -0.2) is 10.8 Å². The van der Waals surface area contributed by atoms with Crippen LogP contribution in [0.1, 0.15) is 18.4 Å². The molecule has 9 heteroatoms. The zero-order valence-corrected chi connectivity index (χ0v) is 11.2. The molecule has 0 unspecified atom stereocenters. The van der Waals surface area contributed by atoms with Crippen LogP contribution in [0.4, 0.5) is 24.8 Å². The molecule has 0 aromatic carbocycles. The number of hydrazine groups is 1. The Labute approximate surface area is 119 Å². The monoisotopic (exact) mass is 306 g/mol. The molecule has 5 N–H and O–H groups in total. The summed E-state index contributed by atoms with van der Waals surface area (Å²) in [6, 6.07) is 1.72. The Morgan fingerprint density at radius 3 is 2.43 bits per heavy atom. The van der Waals surface area contributed by atoms with E-state index in [0.717, 1.165) is 12.1 Å². The number of nitrogens with two attached hydrogens (primary N) is 1. The quantitative estimate of drug-likeness (QED) is 0.495. The molecule has 0 radical (unpaired) electrons. The number of anilines is 2. The fraction of sp³-hybridized carbons (Fsp3) is 0.583. The maximum Gasteiger partial charge on any atom is 0.416 e. The van der Waals surface area contributed by atoms with Crippen LogP contribution in [0.15, 0.2) is 12.1 Å². The van der Waals surface area contributed by atoms with Crippen molar-refractivity contribution in [3.8, 4) is 0 Å². The number of nitrogens with zero attached hydrogens (tertiary/aromatic N) is 1. The molecule has 1 aromatic rings. The van der Waals surface area contributed by atoms with Crippen molar-refractivity contribution < 1.29 is 23.0 Å². The molecule has 0 aliphatic carbocycles. The highest BCUT2D eigenvalue weighted by Gasteiger charge is 2.35. The lowest BCUT2D eigenvalue weighted by molar-refractivity contribution is -0.137. The third-order valence-electron chi connectivity index (χ3n) is 3.45. The number of nitrogens with one attached hydrogen (secondary N) is 2. The van der Waals surface area contributed by atoms with E-state index in [1.54, 1.807) is 0 Å². The maximum absolute atomic E-state index is 12.8. The molecule has 1 aliphatic rings. The first-order chi connectivity index (χ1) is 9.88. The van der Waals surface area contributed by atoms with Gasteiger partial charge in [0.2, 0.25) is 0 Å². The molecule has 1 aromatic heterocycles. The second-order valence-electron chi connectivity index (χ2n) is 4.94. The van der Waals surface area contributed by atoms with Gasteiger partial charge in [0, 0.05) is 13.2 Å². The molecular formula is C12H17F3N4O2. The van der Waals surface area contributed by atoms with Crippen LogP contribution in [0, 0.1) is 0 Å². The minimum atomic E-state index is -4.51. The molecule has 1 saturated heterocycles. The Morgan fingerprint density at radius 1 is 1.29 bits per heavy atom. The molecule has 1 aliphatic heterocycles. The Bertz CT molecular complexity index is 490. The number of aliphatic hydroxyl groups is 1. The van der Waals surface area contributed by atoms with Gasteiger partial charge in [-0.05, 0) is 25.0 Å². The van der Waals surface area contributed by atoms with Crippen LogP contribution < -0.4 is 16.6 Å². The number of alkyl halides is 3. The summed E-state index contributed by atoms with van der Waals surface area (Å²) in [6.45, 7) is 0.628. The number of aromatic nitrogens is 1. The normalized spacial score (nSPS) is 18.3. The zero-order valence-electron chi connectivity index (χ0n) is 11.2. The zero-order chi connectivity index (χ0) is 15.5. The fourth-order valence-corrected chi connectivity index (χ4v) is 2.19. The number of halogens is 3. The van der Waals surface area contributed by atoms with Crippen molar-refractivity contribution in [2.45, 2.75) is 24.6 Å². The highest BCUT2D eigenvalue weighted by Crippen LogP contribution is 2.33. The van der Waals surface area contributed by atoms with Crippen molar-refractivity contribution in [2.75, 3.05) is 30.6 Å². The smallest absolute Gasteiger partial charge is 0.394 e. The van der Waals surface area contributed by atoms with E-state index >= 15 is 0 Å². The number of pyridine rings is 1. The molecule has 0 saturated carbocycles. The predicted molar refractivity (Wildman–Crippen MR) is 70.5 cm³/mol. The van der Waals surface area contributed by atoms with Crippen LogP contribution in [0.5, 0.6) is 0 Å². The van der Waals surface area contributed by atoms with Crippen molar-refractivity contribution in [1.29, 1.82) is 0 Å². The first-order valence-electron chi connectivity index (χ1n) is 6.41. The molecule has 0 atom stereocenters. The van der Waals surface area contributed by atoms with Gasteiger partial charge in [-0.2, -0.15) is 13.2 Å². The fourth-order valence-electron chi connectivity index (χ4n) is 2.19. The van der Waals surface area contributed by atoms with Crippen LogP contribution >= 0.6 is 0 Å². The maximum atomic E-state index is 12.8. The van der Waals surface area contributed by atoms with E-state index in [1.165, 1.54) is 0 Å². The van der Waals surface area contributed by atoms with Crippen molar-refractivity contribution in [2.24, 2.45) is 5.84 Å². The molecule has 118 valence electrons. The minimum Gasteiger partial charge on any atom is -0.394 e. The van der Waals surface area contributed by atoms with Crippen molar-refractivity contribution in [1.82, 2.24) is 4.98 Å². The number of rotatable bonds is 4. The molecule has 0 bridgehead atoms. The Morgan fingerprint density at radius 2 is 1.90 bits per heavy atom. The van der Waals surface area contributed by atoms with E-state index in [-0.39, 0.29) is 18.2 Å². The van der Waals surface area contributed by atoms with Gasteiger partial charge < -0.3 is 20.6 Å². The topological polar surface area (TPSA) is 92.4 Å². The van der Waals surface area contributed by atoms with E-state index in [0.29, 0.717) is 26.1 Å². The second kappa shape index (κ2) is 6.04. The molecule has 21 heavy (non-hydrogen) atoms. The van der Waals surface area contributed by atoms with Gasteiger partial charge in [0.05, 0.1) is 17.7 Å². The standard InChI is InChI=1S/C12H17F3N4O2/c13-12(14,15)8-5-9(17-10(6-8)19-16)18-11(7-20)1-3-21-4-2-11/h5-6,20H,1-4,7,16H2,(H2,17,18,19). The lowest BCUT2D eigenvalue weighted by Crippen LogP contribution is -2.47. The van der Waals surface area contributed by atoms with Crippen LogP contribution in [-0.4, -0.2) is 35.5 Å². The third-order valence-corrected chi connectivity index (χ3v) is 3.45.